The Morgan fingerprint density at radius 1 is 0.968 bits per heavy atom. The van der Waals surface area contributed by atoms with Crippen molar-refractivity contribution in [3.63, 3.8) is 0 Å². The number of hydrogen-bond donors (Lipinski definition) is 1. The molecule has 1 aliphatic heterocycles. The highest BCUT2D eigenvalue weighted by Crippen LogP contribution is 2.43. The molecule has 1 atom stereocenters. The highest BCUT2D eigenvalue weighted by Gasteiger charge is 2.50. The first kappa shape index (κ1) is 20.9. The molecule has 158 valence electrons. The lowest BCUT2D eigenvalue weighted by Crippen LogP contribution is -2.41. The van der Waals surface area contributed by atoms with Crippen molar-refractivity contribution in [3.8, 4) is 0 Å². The zero-order valence-electron chi connectivity index (χ0n) is 17.3. The van der Waals surface area contributed by atoms with Crippen LogP contribution >= 0.6 is 0 Å². The maximum atomic E-state index is 13.3. The first-order valence-corrected chi connectivity index (χ1v) is 10.4. The van der Waals surface area contributed by atoms with E-state index in [1.807, 2.05) is 12.1 Å². The highest BCUT2D eigenvalue weighted by atomic mass is 19.1. The van der Waals surface area contributed by atoms with Crippen LogP contribution in [0.25, 0.3) is 0 Å². The summed E-state index contributed by atoms with van der Waals surface area (Å²) in [4.78, 5) is 27.7. The number of carbonyl (C=O) groups excluding carboxylic acids is 2. The Morgan fingerprint density at radius 3 is 2.29 bits per heavy atom. The second-order valence-electron chi connectivity index (χ2n) is 7.94. The Morgan fingerprint density at radius 2 is 1.61 bits per heavy atom. The fraction of sp³-hybridized carbons (Fsp3) is 0.231. The molecule has 31 heavy (non-hydrogen) atoms. The van der Waals surface area contributed by atoms with E-state index in [1.165, 1.54) is 17.0 Å². The second-order valence-corrected chi connectivity index (χ2v) is 7.94. The van der Waals surface area contributed by atoms with E-state index < -0.39 is 11.5 Å². The van der Waals surface area contributed by atoms with Gasteiger partial charge in [0.25, 0.3) is 5.91 Å². The summed E-state index contributed by atoms with van der Waals surface area (Å²) in [5.74, 6) is -1.20. The van der Waals surface area contributed by atoms with E-state index in [4.69, 9.17) is 0 Å². The molecule has 0 fully saturated rings. The van der Waals surface area contributed by atoms with Crippen LogP contribution in [0.15, 0.2) is 72.8 Å². The van der Waals surface area contributed by atoms with Gasteiger partial charge in [-0.3, -0.25) is 9.59 Å². The van der Waals surface area contributed by atoms with Gasteiger partial charge in [0.15, 0.2) is 11.4 Å². The van der Waals surface area contributed by atoms with E-state index in [0.29, 0.717) is 16.8 Å². The normalized spacial score (nSPS) is 17.6. The van der Waals surface area contributed by atoms with Gasteiger partial charge in [-0.05, 0) is 35.7 Å². The van der Waals surface area contributed by atoms with Gasteiger partial charge in [-0.1, -0.05) is 67.9 Å². The molecule has 0 radical (unpaired) electrons. The Labute approximate surface area is 181 Å². The van der Waals surface area contributed by atoms with Crippen LogP contribution in [0.3, 0.4) is 0 Å². The number of aryl methyl sites for hydroxylation is 1. The summed E-state index contributed by atoms with van der Waals surface area (Å²) in [6.45, 7) is 2.27. The number of ketones is 1. The van der Waals surface area contributed by atoms with Crippen molar-refractivity contribution in [3.05, 3.63) is 101 Å². The van der Waals surface area contributed by atoms with Crippen molar-refractivity contribution in [1.82, 2.24) is 0 Å². The quantitative estimate of drug-likeness (QED) is 0.563. The zero-order valence-corrected chi connectivity index (χ0v) is 17.3. The molecule has 0 unspecified atom stereocenters. The molecule has 0 spiro atoms. The Hall–Kier alpha value is -3.31. The molecule has 0 aliphatic carbocycles. The van der Waals surface area contributed by atoms with Gasteiger partial charge in [0.1, 0.15) is 5.82 Å². The van der Waals surface area contributed by atoms with Crippen molar-refractivity contribution in [2.24, 2.45) is 0 Å². The fourth-order valence-electron chi connectivity index (χ4n) is 4.09. The van der Waals surface area contributed by atoms with Gasteiger partial charge in [0, 0.05) is 11.1 Å². The smallest absolute Gasteiger partial charge is 0.264 e. The van der Waals surface area contributed by atoms with Gasteiger partial charge in [-0.15, -0.1) is 0 Å². The van der Waals surface area contributed by atoms with Crippen molar-refractivity contribution >= 4 is 17.4 Å². The summed E-state index contributed by atoms with van der Waals surface area (Å²) < 4.78 is 13.3. The molecule has 1 N–H and O–H groups in total. The molecule has 0 saturated carbocycles. The van der Waals surface area contributed by atoms with Crippen LogP contribution in [0.4, 0.5) is 10.1 Å². The van der Waals surface area contributed by atoms with Gasteiger partial charge in [0.2, 0.25) is 0 Å². The van der Waals surface area contributed by atoms with Gasteiger partial charge < -0.3 is 10.0 Å². The maximum Gasteiger partial charge on any atom is 0.264 e. The van der Waals surface area contributed by atoms with E-state index in [-0.39, 0.29) is 24.6 Å². The number of halogens is 1. The third kappa shape index (κ3) is 4.01. The van der Waals surface area contributed by atoms with Crippen molar-refractivity contribution in [2.45, 2.75) is 38.3 Å². The number of rotatable bonds is 7. The number of carbonyl (C=O) groups is 2. The minimum absolute atomic E-state index is 0.179. The van der Waals surface area contributed by atoms with Crippen LogP contribution in [0.2, 0.25) is 0 Å². The molecule has 3 aromatic carbocycles. The van der Waals surface area contributed by atoms with E-state index in [1.54, 1.807) is 48.5 Å². The standard InChI is InChI=1S/C26H24FNO3/c1-2-5-18-8-12-20(13-9-18)24(29)16-26(31)22-6-3-4-7-23(22)28(25(26)30)17-19-10-14-21(27)15-11-19/h3-4,6-15,31H,2,5,16-17H2,1H3/t26-/m0/s1. The van der Waals surface area contributed by atoms with Crippen LogP contribution in [0.5, 0.6) is 0 Å². The molecule has 4 rings (SSSR count). The first-order chi connectivity index (χ1) is 14.9. The van der Waals surface area contributed by atoms with Gasteiger partial charge >= 0.3 is 0 Å². The largest absolute Gasteiger partial charge is 0.375 e. The third-order valence-electron chi connectivity index (χ3n) is 5.72. The van der Waals surface area contributed by atoms with Crippen LogP contribution in [0.1, 0.15) is 46.8 Å². The molecule has 0 bridgehead atoms. The fourth-order valence-corrected chi connectivity index (χ4v) is 4.09. The monoisotopic (exact) mass is 417 g/mol. The van der Waals surface area contributed by atoms with Crippen LogP contribution in [-0.2, 0) is 23.4 Å². The number of aliphatic hydroxyl groups is 1. The molecule has 1 amide bonds. The average Bonchev–Trinajstić information content (AvgIpc) is 2.98. The van der Waals surface area contributed by atoms with Crippen LogP contribution < -0.4 is 4.90 Å². The molecule has 1 heterocycles. The summed E-state index contributed by atoms with van der Waals surface area (Å²) in [5.41, 5.74) is 1.38. The second kappa shape index (κ2) is 8.44. The lowest BCUT2D eigenvalue weighted by atomic mass is 9.88. The number of fused-ring (bicyclic) bond motifs is 1. The maximum absolute atomic E-state index is 13.3. The minimum atomic E-state index is -1.93. The summed E-state index contributed by atoms with van der Waals surface area (Å²) >= 11 is 0. The van der Waals surface area contributed by atoms with E-state index in [0.717, 1.165) is 24.0 Å². The minimum Gasteiger partial charge on any atom is -0.375 e. The molecular formula is C26H24FNO3. The van der Waals surface area contributed by atoms with Gasteiger partial charge in [-0.2, -0.15) is 0 Å². The number of amides is 1. The summed E-state index contributed by atoms with van der Waals surface area (Å²) in [7, 11) is 0. The van der Waals surface area contributed by atoms with Crippen molar-refractivity contribution < 1.29 is 19.1 Å². The van der Waals surface area contributed by atoms with Crippen molar-refractivity contribution in [1.29, 1.82) is 0 Å². The lowest BCUT2D eigenvalue weighted by Gasteiger charge is -2.23. The topological polar surface area (TPSA) is 57.6 Å². The highest BCUT2D eigenvalue weighted by molar-refractivity contribution is 6.10. The molecule has 0 saturated heterocycles. The van der Waals surface area contributed by atoms with Crippen LogP contribution in [0, 0.1) is 5.82 Å². The van der Waals surface area contributed by atoms with E-state index in [9.17, 15) is 19.1 Å². The predicted molar refractivity (Wildman–Crippen MR) is 117 cm³/mol. The third-order valence-corrected chi connectivity index (χ3v) is 5.72. The number of anilines is 1. The number of para-hydroxylation sites is 1. The molecule has 3 aromatic rings. The first-order valence-electron chi connectivity index (χ1n) is 10.4. The van der Waals surface area contributed by atoms with E-state index >= 15 is 0 Å². The van der Waals surface area contributed by atoms with Gasteiger partial charge in [0.05, 0.1) is 18.7 Å². The summed E-state index contributed by atoms with van der Waals surface area (Å²) in [6, 6.07) is 20.1. The summed E-state index contributed by atoms with van der Waals surface area (Å²) in [6.07, 6.45) is 1.61. The predicted octanol–water partition coefficient (Wildman–Crippen LogP) is 4.79. The SMILES string of the molecule is CCCc1ccc(C(=O)C[C@@]2(O)C(=O)N(Cc3ccc(F)cc3)c3ccccc32)cc1. The molecule has 5 heteroatoms. The Balaban J connectivity index is 1.61. The number of nitrogens with zero attached hydrogens (tertiary/aromatic N) is 1. The number of benzene rings is 3. The number of Topliss-reactive ketones (excluding diaryl/α,β-unsaturated/α-hetero) is 1. The molecular weight excluding hydrogens is 393 g/mol. The summed E-state index contributed by atoms with van der Waals surface area (Å²) in [5, 5.41) is 11.4. The number of hydrogen-bond acceptors (Lipinski definition) is 3. The molecule has 1 aliphatic rings. The van der Waals surface area contributed by atoms with E-state index in [2.05, 4.69) is 6.92 Å². The molecule has 0 aromatic heterocycles. The van der Waals surface area contributed by atoms with Crippen molar-refractivity contribution in [2.75, 3.05) is 4.90 Å². The molecule has 4 nitrogen and oxygen atoms in total. The van der Waals surface area contributed by atoms with Crippen LogP contribution in [-0.4, -0.2) is 16.8 Å². The van der Waals surface area contributed by atoms with Gasteiger partial charge in [-0.25, -0.2) is 4.39 Å². The Kier molecular flexibility index (Phi) is 5.70. The Bertz CT molecular complexity index is 1110. The average molecular weight is 417 g/mol. The zero-order chi connectivity index (χ0) is 22.0. The lowest BCUT2D eigenvalue weighted by molar-refractivity contribution is -0.136.